The number of nitrogens with two attached hydrogens (primary N) is 1. The number of aliphatic hydroxyl groups excluding tert-OH is 1. The number of nitrogens with one attached hydrogen (secondary N) is 2. The van der Waals surface area contributed by atoms with Crippen molar-refractivity contribution in [2.45, 2.75) is 88.9 Å². The first-order chi connectivity index (χ1) is 23.0. The molecule has 15 heteroatoms. The van der Waals surface area contributed by atoms with Gasteiger partial charge in [0, 0.05) is 12.6 Å². The molecule has 1 aliphatic rings. The van der Waals surface area contributed by atoms with Crippen LogP contribution in [0.3, 0.4) is 0 Å². The van der Waals surface area contributed by atoms with Gasteiger partial charge in [-0.15, -0.1) is 0 Å². The van der Waals surface area contributed by atoms with E-state index in [1.807, 2.05) is 76.3 Å². The Kier molecular flexibility index (Phi) is 12.0. The number of carbonyl (C=O) groups excluding carboxylic acids is 2. The number of carbonyl (C=O) groups is 2. The van der Waals surface area contributed by atoms with Gasteiger partial charge >= 0.3 is 17.7 Å². The molecule has 0 saturated carbocycles. The van der Waals surface area contributed by atoms with Gasteiger partial charge in [0.15, 0.2) is 14.4 Å². The van der Waals surface area contributed by atoms with Crippen molar-refractivity contribution < 1.29 is 37.4 Å². The summed E-state index contributed by atoms with van der Waals surface area (Å²) in [4.78, 5) is 41.0. The molecule has 5 N–H and O–H groups in total. The predicted molar refractivity (Wildman–Crippen MR) is 185 cm³/mol. The van der Waals surface area contributed by atoms with Crippen LogP contribution in [0.25, 0.3) is 11.1 Å². The van der Waals surface area contributed by atoms with E-state index in [1.165, 1.54) is 0 Å². The molecule has 1 aromatic heterocycles. The predicted octanol–water partition coefficient (Wildman–Crippen LogP) is 6.16. The van der Waals surface area contributed by atoms with E-state index in [0.29, 0.717) is 35.2 Å². The van der Waals surface area contributed by atoms with Gasteiger partial charge in [-0.05, 0) is 66.7 Å². The fraction of sp³-hybridized carbons (Fsp3) is 0.471. The third kappa shape index (κ3) is 9.50. The molecule has 2 amide bonds. The molecule has 1 aliphatic heterocycles. The van der Waals surface area contributed by atoms with E-state index in [-0.39, 0.29) is 36.4 Å². The van der Waals surface area contributed by atoms with Crippen molar-refractivity contribution in [1.82, 2.24) is 9.55 Å². The van der Waals surface area contributed by atoms with Crippen LogP contribution in [-0.2, 0) is 18.7 Å². The van der Waals surface area contributed by atoms with E-state index in [4.69, 9.17) is 19.6 Å². The Balaban J connectivity index is 1.19. The number of anilines is 3. The summed E-state index contributed by atoms with van der Waals surface area (Å²) in [5, 5.41) is 15.3. The number of nitrogen functional groups attached to an aromatic ring is 1. The third-order valence-corrected chi connectivity index (χ3v) is 13.3. The highest BCUT2D eigenvalue weighted by Crippen LogP contribution is 2.43. The van der Waals surface area contributed by atoms with Crippen LogP contribution in [0.1, 0.15) is 52.7 Å². The monoisotopic (exact) mass is 701 g/mol. The molecule has 49 heavy (non-hydrogen) atoms. The van der Waals surface area contributed by atoms with Gasteiger partial charge < -0.3 is 30.1 Å². The summed E-state index contributed by atoms with van der Waals surface area (Å²) in [6.45, 7) is 9.65. The zero-order valence-corrected chi connectivity index (χ0v) is 29.4. The molecule has 1 fully saturated rings. The Morgan fingerprint density at radius 3 is 2.45 bits per heavy atom. The summed E-state index contributed by atoms with van der Waals surface area (Å²) in [5.74, 6) is -4.21. The van der Waals surface area contributed by atoms with Gasteiger partial charge in [0.2, 0.25) is 12.1 Å². The average molecular weight is 702 g/mol. The van der Waals surface area contributed by atoms with Crippen molar-refractivity contribution in [3.05, 3.63) is 71.3 Å². The summed E-state index contributed by atoms with van der Waals surface area (Å²) in [7, 11) is -2.32. The highest BCUT2D eigenvalue weighted by Gasteiger charge is 2.60. The lowest BCUT2D eigenvalue weighted by Gasteiger charge is -2.37. The van der Waals surface area contributed by atoms with Gasteiger partial charge in [-0.25, -0.2) is 9.59 Å². The van der Waals surface area contributed by atoms with E-state index < -0.39 is 44.5 Å². The molecular formula is C34H45F2N5O7Si. The molecule has 0 bridgehead atoms. The molecule has 266 valence electrons. The van der Waals surface area contributed by atoms with Gasteiger partial charge in [-0.1, -0.05) is 57.2 Å². The number of halogens is 2. The smallest absolute Gasteiger partial charge is 0.412 e. The molecular weight excluding hydrogens is 656 g/mol. The minimum absolute atomic E-state index is 0.0367. The number of hydrogen-bond acceptors (Lipinski definition) is 9. The van der Waals surface area contributed by atoms with Crippen molar-refractivity contribution in [2.24, 2.45) is 0 Å². The molecule has 12 nitrogen and oxygen atoms in total. The number of rotatable bonds is 13. The number of alkyl halides is 2. The molecule has 2 heterocycles. The quantitative estimate of drug-likeness (QED) is 0.0928. The highest BCUT2D eigenvalue weighted by atomic mass is 28.4. The Bertz CT molecular complexity index is 1670. The number of aliphatic hydroxyl groups is 1. The first-order valence-electron chi connectivity index (χ1n) is 16.1. The standard InChI is InChI=1S/C34H45F2N5O7Si/c1-33(2,3)49(4,5)47-21-26-29(43)34(35,36)30(48-26)41-18-17-27(39-31(41)44)40-32(45)46-19-11-7-10-14-28(42)38-25-20-23(15-16-24(25)37)22-12-8-6-9-13-22/h6,8-9,12-13,15-18,20,26,29-30,43H,7,10-11,14,19,21,37H2,1-5H3,(H,38,42)(H,39,40,44,45)/t26-,29-,30-/m1/s1. The number of ether oxygens (including phenoxy) is 2. The van der Waals surface area contributed by atoms with Crippen molar-refractivity contribution in [1.29, 1.82) is 0 Å². The van der Waals surface area contributed by atoms with Crippen LogP contribution in [0.5, 0.6) is 0 Å². The van der Waals surface area contributed by atoms with E-state index in [0.717, 1.165) is 23.4 Å². The molecule has 1 saturated heterocycles. The minimum atomic E-state index is -3.80. The van der Waals surface area contributed by atoms with Crippen molar-refractivity contribution in [3.8, 4) is 11.1 Å². The van der Waals surface area contributed by atoms with Gasteiger partial charge in [-0.3, -0.25) is 14.7 Å². The second-order valence-corrected chi connectivity index (χ2v) is 18.3. The second kappa shape index (κ2) is 15.6. The van der Waals surface area contributed by atoms with Crippen molar-refractivity contribution in [3.63, 3.8) is 0 Å². The molecule has 2 aromatic carbocycles. The third-order valence-electron chi connectivity index (χ3n) is 8.82. The number of nitrogens with zero attached hydrogens (tertiary/aromatic N) is 2. The first kappa shape index (κ1) is 37.6. The fourth-order valence-corrected chi connectivity index (χ4v) is 5.85. The minimum Gasteiger partial charge on any atom is -0.449 e. The largest absolute Gasteiger partial charge is 0.449 e. The maximum absolute atomic E-state index is 15.0. The number of aromatic nitrogens is 2. The molecule has 3 atom stereocenters. The highest BCUT2D eigenvalue weighted by molar-refractivity contribution is 6.74. The molecule has 0 unspecified atom stereocenters. The first-order valence-corrected chi connectivity index (χ1v) is 19.0. The maximum atomic E-state index is 15.0. The lowest BCUT2D eigenvalue weighted by Crippen LogP contribution is -2.45. The molecule has 0 aliphatic carbocycles. The molecule has 4 rings (SSSR count). The summed E-state index contributed by atoms with van der Waals surface area (Å²) < 4.78 is 47.1. The van der Waals surface area contributed by atoms with Crippen LogP contribution in [0, 0.1) is 0 Å². The Labute approximate surface area is 285 Å². The van der Waals surface area contributed by atoms with Crippen LogP contribution in [-0.4, -0.2) is 66.3 Å². The van der Waals surface area contributed by atoms with Crippen molar-refractivity contribution in [2.75, 3.05) is 29.6 Å². The summed E-state index contributed by atoms with van der Waals surface area (Å²) in [6.07, 6.45) is -3.72. The van der Waals surface area contributed by atoms with E-state index in [9.17, 15) is 19.5 Å². The fourth-order valence-electron chi connectivity index (χ4n) is 4.83. The van der Waals surface area contributed by atoms with Gasteiger partial charge in [-0.2, -0.15) is 13.8 Å². The maximum Gasteiger partial charge on any atom is 0.412 e. The van der Waals surface area contributed by atoms with E-state index in [2.05, 4.69) is 15.6 Å². The van der Waals surface area contributed by atoms with Crippen molar-refractivity contribution >= 4 is 37.5 Å². The van der Waals surface area contributed by atoms with Gasteiger partial charge in [0.25, 0.3) is 0 Å². The lowest BCUT2D eigenvalue weighted by atomic mass is 10.0. The Morgan fingerprint density at radius 2 is 1.78 bits per heavy atom. The number of hydrogen-bond donors (Lipinski definition) is 4. The molecule has 0 radical (unpaired) electrons. The zero-order valence-electron chi connectivity index (χ0n) is 28.4. The van der Waals surface area contributed by atoms with E-state index in [1.54, 1.807) is 6.07 Å². The van der Waals surface area contributed by atoms with Crippen LogP contribution < -0.4 is 22.1 Å². The summed E-state index contributed by atoms with van der Waals surface area (Å²) in [5.41, 5.74) is 7.86. The SMILES string of the molecule is CC(C)(C)[Si](C)(C)OC[C@H]1O[C@@H](n2ccc(NC(=O)OCCCCCC(=O)Nc3cc(-c4ccccc4)ccc3N)nc2=O)C(F)(F)[C@@H]1O. The lowest BCUT2D eigenvalue weighted by molar-refractivity contribution is -0.140. The van der Waals surface area contributed by atoms with Gasteiger partial charge in [0.1, 0.15) is 11.9 Å². The van der Waals surface area contributed by atoms with Gasteiger partial charge in [0.05, 0.1) is 24.6 Å². The van der Waals surface area contributed by atoms with Crippen LogP contribution in [0.15, 0.2) is 65.6 Å². The summed E-state index contributed by atoms with van der Waals surface area (Å²) >= 11 is 0. The molecule has 0 spiro atoms. The normalized spacial score (nSPS) is 19.0. The van der Waals surface area contributed by atoms with Crippen LogP contribution in [0.4, 0.5) is 30.8 Å². The number of amides is 2. The average Bonchev–Trinajstić information content (AvgIpc) is 3.26. The van der Waals surface area contributed by atoms with Crippen LogP contribution >= 0.6 is 0 Å². The number of unbranched alkanes of at least 4 members (excludes halogenated alkanes) is 2. The zero-order chi connectivity index (χ0) is 36.0. The second-order valence-electron chi connectivity index (χ2n) is 13.5. The topological polar surface area (TPSA) is 167 Å². The Morgan fingerprint density at radius 1 is 1.06 bits per heavy atom. The van der Waals surface area contributed by atoms with Crippen LogP contribution in [0.2, 0.25) is 18.1 Å². The molecule has 3 aromatic rings. The number of benzene rings is 2. The van der Waals surface area contributed by atoms with E-state index >= 15 is 8.78 Å². The summed E-state index contributed by atoms with van der Waals surface area (Å²) in [6, 6.07) is 16.3. The Hall–Kier alpha value is -4.18.